The lowest BCUT2D eigenvalue weighted by Gasteiger charge is -2.30. The highest BCUT2D eigenvalue weighted by molar-refractivity contribution is 9.10. The number of nitrogens with one attached hydrogen (secondary N) is 1. The van der Waals surface area contributed by atoms with Crippen LogP contribution < -0.4 is 5.32 Å². The van der Waals surface area contributed by atoms with E-state index in [9.17, 15) is 9.59 Å². The van der Waals surface area contributed by atoms with Crippen LogP contribution in [0.1, 0.15) is 17.3 Å². The maximum absolute atomic E-state index is 12.2. The third kappa shape index (κ3) is 3.67. The first kappa shape index (κ1) is 15.2. The molecule has 0 radical (unpaired) electrons. The van der Waals surface area contributed by atoms with E-state index in [1.807, 2.05) is 11.8 Å². The molecule has 0 bridgehead atoms. The van der Waals surface area contributed by atoms with Crippen molar-refractivity contribution in [1.29, 1.82) is 0 Å². The van der Waals surface area contributed by atoms with E-state index in [0.717, 1.165) is 5.75 Å². The topological polar surface area (TPSA) is 69.6 Å². The highest BCUT2D eigenvalue weighted by atomic mass is 79.9. The third-order valence-electron chi connectivity index (χ3n) is 2.98. The molecule has 108 valence electrons. The molecule has 0 saturated carbocycles. The molecule has 20 heavy (non-hydrogen) atoms. The Morgan fingerprint density at radius 1 is 1.50 bits per heavy atom. The third-order valence-corrected chi connectivity index (χ3v) is 4.81. The van der Waals surface area contributed by atoms with Crippen LogP contribution in [0.4, 0.5) is 10.5 Å². The molecule has 1 fully saturated rings. The number of carboxylic acids is 1. The first-order valence-electron chi connectivity index (χ1n) is 6.17. The smallest absolute Gasteiger partial charge is 0.335 e. The Morgan fingerprint density at radius 2 is 2.25 bits per heavy atom. The molecular formula is C13H15BrN2O3S. The van der Waals surface area contributed by atoms with Crippen LogP contribution in [0.15, 0.2) is 22.7 Å². The average molecular weight is 359 g/mol. The fourth-order valence-electron chi connectivity index (χ4n) is 1.95. The van der Waals surface area contributed by atoms with Crippen LogP contribution in [0, 0.1) is 0 Å². The summed E-state index contributed by atoms with van der Waals surface area (Å²) in [6.07, 6.45) is 0. The van der Waals surface area contributed by atoms with Crippen molar-refractivity contribution < 1.29 is 14.7 Å². The molecule has 0 spiro atoms. The van der Waals surface area contributed by atoms with Gasteiger partial charge in [-0.15, -0.1) is 0 Å². The van der Waals surface area contributed by atoms with Gasteiger partial charge in [0.2, 0.25) is 0 Å². The zero-order chi connectivity index (χ0) is 14.7. The van der Waals surface area contributed by atoms with Crippen LogP contribution in [-0.2, 0) is 0 Å². The molecule has 2 rings (SSSR count). The Bertz CT molecular complexity index is 538. The Labute approximate surface area is 129 Å². The number of carbonyl (C=O) groups excluding carboxylic acids is 1. The average Bonchev–Trinajstić information content (AvgIpc) is 2.41. The molecule has 1 aromatic carbocycles. The molecule has 0 aliphatic carbocycles. The minimum absolute atomic E-state index is 0.145. The van der Waals surface area contributed by atoms with E-state index in [1.165, 1.54) is 12.1 Å². The van der Waals surface area contributed by atoms with Gasteiger partial charge in [-0.05, 0) is 34.1 Å². The zero-order valence-corrected chi connectivity index (χ0v) is 13.3. The summed E-state index contributed by atoms with van der Waals surface area (Å²) < 4.78 is 0.662. The Balaban J connectivity index is 2.10. The molecule has 1 unspecified atom stereocenters. The number of amides is 2. The van der Waals surface area contributed by atoms with Crippen LogP contribution in [0.3, 0.4) is 0 Å². The second-order valence-corrected chi connectivity index (χ2v) is 6.96. The summed E-state index contributed by atoms with van der Waals surface area (Å²) in [5.41, 5.74) is 0.617. The van der Waals surface area contributed by atoms with Crippen molar-refractivity contribution in [3.05, 3.63) is 28.2 Å². The van der Waals surface area contributed by atoms with Gasteiger partial charge >= 0.3 is 12.0 Å². The largest absolute Gasteiger partial charge is 0.478 e. The van der Waals surface area contributed by atoms with E-state index in [-0.39, 0.29) is 11.6 Å². The quantitative estimate of drug-likeness (QED) is 0.851. The van der Waals surface area contributed by atoms with Crippen molar-refractivity contribution >= 4 is 45.4 Å². The number of anilines is 1. The minimum atomic E-state index is -1.02. The maximum Gasteiger partial charge on any atom is 0.335 e. The Morgan fingerprint density at radius 3 is 2.90 bits per heavy atom. The summed E-state index contributed by atoms with van der Waals surface area (Å²) in [4.78, 5) is 24.9. The number of carbonyl (C=O) groups is 2. The van der Waals surface area contributed by atoms with Crippen LogP contribution in [-0.4, -0.2) is 46.1 Å². The lowest BCUT2D eigenvalue weighted by atomic mass is 10.2. The normalized spacial score (nSPS) is 18.7. The van der Waals surface area contributed by atoms with Gasteiger partial charge in [0.25, 0.3) is 0 Å². The number of aromatic carboxylic acids is 1. The number of carboxylic acid groups (broad SMARTS) is 1. The maximum atomic E-state index is 12.2. The molecule has 1 aliphatic heterocycles. The van der Waals surface area contributed by atoms with Gasteiger partial charge in [-0.1, -0.05) is 6.92 Å². The first-order valence-corrected chi connectivity index (χ1v) is 8.02. The van der Waals surface area contributed by atoms with Crippen molar-refractivity contribution in [2.24, 2.45) is 0 Å². The van der Waals surface area contributed by atoms with Crippen LogP contribution in [0.5, 0.6) is 0 Å². The second-order valence-electron chi connectivity index (χ2n) is 4.56. The second kappa shape index (κ2) is 6.49. The van der Waals surface area contributed by atoms with Gasteiger partial charge < -0.3 is 15.3 Å². The van der Waals surface area contributed by atoms with E-state index in [2.05, 4.69) is 28.2 Å². The number of hydrogen-bond donors (Lipinski definition) is 2. The van der Waals surface area contributed by atoms with Gasteiger partial charge in [0, 0.05) is 28.6 Å². The van der Waals surface area contributed by atoms with Crippen LogP contribution >= 0.6 is 27.7 Å². The highest BCUT2D eigenvalue weighted by Gasteiger charge is 2.22. The number of urea groups is 1. The fourth-order valence-corrected chi connectivity index (χ4v) is 3.31. The number of rotatable bonds is 2. The Kier molecular flexibility index (Phi) is 4.93. The molecule has 2 N–H and O–H groups in total. The molecule has 2 amide bonds. The lowest BCUT2D eigenvalue weighted by Crippen LogP contribution is -2.43. The van der Waals surface area contributed by atoms with Crippen molar-refractivity contribution in [3.63, 3.8) is 0 Å². The number of thioether (sulfide) groups is 1. The zero-order valence-electron chi connectivity index (χ0n) is 10.9. The molecule has 5 nitrogen and oxygen atoms in total. The van der Waals surface area contributed by atoms with E-state index < -0.39 is 5.97 Å². The summed E-state index contributed by atoms with van der Waals surface area (Å²) in [6, 6.07) is 4.36. The summed E-state index contributed by atoms with van der Waals surface area (Å²) >= 11 is 5.16. The van der Waals surface area contributed by atoms with Gasteiger partial charge in [0.05, 0.1) is 11.3 Å². The first-order chi connectivity index (χ1) is 9.47. The van der Waals surface area contributed by atoms with Crippen molar-refractivity contribution in [2.45, 2.75) is 12.2 Å². The van der Waals surface area contributed by atoms with Crippen LogP contribution in [0.25, 0.3) is 0 Å². The predicted molar refractivity (Wildman–Crippen MR) is 83.6 cm³/mol. The van der Waals surface area contributed by atoms with Gasteiger partial charge in [-0.3, -0.25) is 0 Å². The number of halogens is 1. The van der Waals surface area contributed by atoms with Crippen molar-refractivity contribution in [1.82, 2.24) is 4.90 Å². The monoisotopic (exact) mass is 358 g/mol. The van der Waals surface area contributed by atoms with Gasteiger partial charge in [-0.2, -0.15) is 11.8 Å². The minimum Gasteiger partial charge on any atom is -0.478 e. The van der Waals surface area contributed by atoms with Crippen LogP contribution in [0.2, 0.25) is 0 Å². The Hall–Kier alpha value is -1.21. The molecule has 1 heterocycles. The number of hydrogen-bond acceptors (Lipinski definition) is 3. The van der Waals surface area contributed by atoms with Gasteiger partial charge in [0.15, 0.2) is 0 Å². The standard InChI is InChI=1S/C13H15BrN2O3S/c1-8-7-16(4-5-20-8)13(19)15-11-6-9(12(17)18)2-3-10(11)14/h2-3,6,8H,4-5,7H2,1H3,(H,15,19)(H,17,18). The fraction of sp³-hybridized carbons (Fsp3) is 0.385. The van der Waals surface area contributed by atoms with E-state index >= 15 is 0 Å². The lowest BCUT2D eigenvalue weighted by molar-refractivity contribution is 0.0697. The SMILES string of the molecule is CC1CN(C(=O)Nc2cc(C(=O)O)ccc2Br)CCS1. The molecule has 1 aromatic rings. The predicted octanol–water partition coefficient (Wildman–Crippen LogP) is 3.12. The van der Waals surface area contributed by atoms with E-state index in [1.54, 1.807) is 11.0 Å². The summed E-state index contributed by atoms with van der Waals surface area (Å²) in [6.45, 7) is 3.49. The van der Waals surface area contributed by atoms with E-state index in [0.29, 0.717) is 28.5 Å². The molecule has 1 saturated heterocycles. The molecule has 0 aromatic heterocycles. The van der Waals surface area contributed by atoms with Crippen molar-refractivity contribution in [2.75, 3.05) is 24.2 Å². The molecule has 1 aliphatic rings. The van der Waals surface area contributed by atoms with E-state index in [4.69, 9.17) is 5.11 Å². The number of nitrogens with zero attached hydrogens (tertiary/aromatic N) is 1. The summed E-state index contributed by atoms with van der Waals surface area (Å²) in [5.74, 6) is -0.0960. The van der Waals surface area contributed by atoms with Gasteiger partial charge in [0.1, 0.15) is 0 Å². The molecular weight excluding hydrogens is 344 g/mol. The number of benzene rings is 1. The molecule has 7 heteroatoms. The summed E-state index contributed by atoms with van der Waals surface area (Å²) in [7, 11) is 0. The summed E-state index contributed by atoms with van der Waals surface area (Å²) in [5, 5.41) is 12.2. The van der Waals surface area contributed by atoms with Gasteiger partial charge in [-0.25, -0.2) is 9.59 Å². The highest BCUT2D eigenvalue weighted by Crippen LogP contribution is 2.25. The van der Waals surface area contributed by atoms with Crippen molar-refractivity contribution in [3.8, 4) is 0 Å². The molecule has 1 atom stereocenters.